The Morgan fingerprint density at radius 3 is 2.60 bits per heavy atom. The lowest BCUT2D eigenvalue weighted by molar-refractivity contribution is 0.679. The van der Waals surface area contributed by atoms with Crippen molar-refractivity contribution in [1.29, 1.82) is 4.78 Å². The molecule has 5 heteroatoms. The van der Waals surface area contributed by atoms with Gasteiger partial charge in [0, 0.05) is 17.8 Å². The lowest BCUT2D eigenvalue weighted by Crippen LogP contribution is -1.96. The molecule has 80 valence electrons. The second-order valence-corrected chi connectivity index (χ2v) is 5.30. The second-order valence-electron chi connectivity index (χ2n) is 3.17. The minimum Gasteiger partial charge on any atom is -0.255 e. The molecule has 2 rings (SSSR count). The van der Waals surface area contributed by atoms with Crippen molar-refractivity contribution in [2.24, 2.45) is 0 Å². The molecule has 0 saturated heterocycles. The van der Waals surface area contributed by atoms with E-state index in [1.165, 1.54) is 6.26 Å². The molecule has 3 nitrogen and oxygen atoms in total. The molecule has 0 saturated carbocycles. The van der Waals surface area contributed by atoms with Crippen molar-refractivity contribution in [3.05, 3.63) is 36.5 Å². The van der Waals surface area contributed by atoms with Crippen molar-refractivity contribution in [1.82, 2.24) is 4.98 Å². The van der Waals surface area contributed by atoms with Gasteiger partial charge in [-0.25, -0.2) is 8.99 Å². The Morgan fingerprint density at radius 1 is 1.27 bits per heavy atom. The van der Waals surface area contributed by atoms with Crippen LogP contribution in [-0.4, -0.2) is 15.4 Å². The highest BCUT2D eigenvalue weighted by molar-refractivity contribution is 7.92. The zero-order valence-electron chi connectivity index (χ0n) is 8.14. The van der Waals surface area contributed by atoms with Crippen LogP contribution >= 0.6 is 12.4 Å². The minimum atomic E-state index is -2.69. The number of nitrogens with one attached hydrogen (secondary N) is 1. The van der Waals surface area contributed by atoms with E-state index in [-0.39, 0.29) is 12.4 Å². The summed E-state index contributed by atoms with van der Waals surface area (Å²) in [5.41, 5.74) is 0.664. The van der Waals surface area contributed by atoms with E-state index in [1.807, 2.05) is 18.2 Å². The summed E-state index contributed by atoms with van der Waals surface area (Å²) in [5.74, 6) is 0. The van der Waals surface area contributed by atoms with Gasteiger partial charge in [0.25, 0.3) is 0 Å². The summed E-state index contributed by atoms with van der Waals surface area (Å²) in [6.45, 7) is 0. The smallest absolute Gasteiger partial charge is 0.0871 e. The molecule has 0 aliphatic rings. The van der Waals surface area contributed by atoms with E-state index in [2.05, 4.69) is 4.98 Å². The van der Waals surface area contributed by atoms with Crippen LogP contribution in [0.5, 0.6) is 0 Å². The average Bonchev–Trinajstić information content (AvgIpc) is 2.15. The summed E-state index contributed by atoms with van der Waals surface area (Å²) >= 11 is 0. The third-order valence-corrected chi connectivity index (χ3v) is 3.18. The average molecular weight is 243 g/mol. The van der Waals surface area contributed by atoms with Gasteiger partial charge in [-0.15, -0.1) is 12.4 Å². The molecule has 1 aromatic carbocycles. The first-order valence-corrected chi connectivity index (χ1v) is 6.13. The van der Waals surface area contributed by atoms with Gasteiger partial charge in [-0.2, -0.15) is 0 Å². The molecule has 0 bridgehead atoms. The Bertz CT molecular complexity index is 575. The molecule has 1 atom stereocenters. The summed E-state index contributed by atoms with van der Waals surface area (Å²) in [7, 11) is -2.69. The summed E-state index contributed by atoms with van der Waals surface area (Å²) in [6, 6.07) is 9.13. The zero-order chi connectivity index (χ0) is 10.2. The monoisotopic (exact) mass is 242 g/mol. The van der Waals surface area contributed by atoms with E-state index < -0.39 is 9.73 Å². The van der Waals surface area contributed by atoms with E-state index in [0.717, 1.165) is 5.39 Å². The van der Waals surface area contributed by atoms with Crippen molar-refractivity contribution in [2.75, 3.05) is 6.26 Å². The van der Waals surface area contributed by atoms with Crippen LogP contribution < -0.4 is 0 Å². The summed E-state index contributed by atoms with van der Waals surface area (Å²) in [6.07, 6.45) is 3.06. The first-order chi connectivity index (χ1) is 6.59. The van der Waals surface area contributed by atoms with Crippen LogP contribution in [-0.2, 0) is 9.73 Å². The maximum atomic E-state index is 11.6. The number of benzene rings is 1. The number of hydrogen-bond acceptors (Lipinski definition) is 3. The Balaban J connectivity index is 0.00000112. The van der Waals surface area contributed by atoms with E-state index >= 15 is 0 Å². The molecular formula is C10H11ClN2OS. The number of rotatable bonds is 1. The van der Waals surface area contributed by atoms with Crippen molar-refractivity contribution in [3.8, 4) is 0 Å². The Hall–Kier alpha value is -1.13. The topological polar surface area (TPSA) is 53.8 Å². The van der Waals surface area contributed by atoms with Crippen LogP contribution in [0.15, 0.2) is 41.4 Å². The lowest BCUT2D eigenvalue weighted by atomic mass is 10.2. The standard InChI is InChI=1S/C10H10N2OS.ClH/c1-14(11,13)9-6-2-4-8-5-3-7-12-10(8)9;/h2-7,11H,1H3;1H. The highest BCUT2D eigenvalue weighted by Gasteiger charge is 2.08. The van der Waals surface area contributed by atoms with Gasteiger partial charge in [0.2, 0.25) is 0 Å². The lowest BCUT2D eigenvalue weighted by Gasteiger charge is -2.04. The SMILES string of the molecule is CS(=N)(=O)c1cccc2cccnc12.Cl. The van der Waals surface area contributed by atoms with Gasteiger partial charge < -0.3 is 0 Å². The Labute approximate surface area is 94.9 Å². The van der Waals surface area contributed by atoms with Gasteiger partial charge in [-0.1, -0.05) is 18.2 Å². The molecule has 0 radical (unpaired) electrons. The molecule has 1 aromatic heterocycles. The van der Waals surface area contributed by atoms with Crippen molar-refractivity contribution in [3.63, 3.8) is 0 Å². The van der Waals surface area contributed by atoms with Crippen molar-refractivity contribution < 1.29 is 4.21 Å². The third kappa shape index (κ3) is 2.27. The molecule has 1 N–H and O–H groups in total. The van der Waals surface area contributed by atoms with E-state index in [4.69, 9.17) is 4.78 Å². The summed E-state index contributed by atoms with van der Waals surface area (Å²) < 4.78 is 19.2. The maximum Gasteiger partial charge on any atom is 0.0871 e. The number of nitrogens with zero attached hydrogens (tertiary/aromatic N) is 1. The first-order valence-electron chi connectivity index (χ1n) is 4.16. The molecule has 0 spiro atoms. The molecule has 0 amide bonds. The van der Waals surface area contributed by atoms with Crippen molar-refractivity contribution >= 4 is 33.0 Å². The van der Waals surface area contributed by atoms with Gasteiger partial charge in [0.05, 0.1) is 20.1 Å². The van der Waals surface area contributed by atoms with Crippen molar-refractivity contribution in [2.45, 2.75) is 4.90 Å². The van der Waals surface area contributed by atoms with Crippen LogP contribution in [0, 0.1) is 4.78 Å². The fraction of sp³-hybridized carbons (Fsp3) is 0.100. The number of para-hydroxylation sites is 1. The number of halogens is 1. The number of pyridine rings is 1. The normalized spacial score (nSPS) is 14.2. The van der Waals surface area contributed by atoms with Crippen LogP contribution in [0.3, 0.4) is 0 Å². The fourth-order valence-electron chi connectivity index (χ4n) is 1.39. The van der Waals surface area contributed by atoms with Crippen LogP contribution in [0.2, 0.25) is 0 Å². The quantitative estimate of drug-likeness (QED) is 0.836. The predicted molar refractivity (Wildman–Crippen MR) is 64.0 cm³/mol. The summed E-state index contributed by atoms with van der Waals surface area (Å²) in [5, 5.41) is 0.923. The molecule has 1 unspecified atom stereocenters. The highest BCUT2D eigenvalue weighted by atomic mass is 35.5. The number of aromatic nitrogens is 1. The molecule has 0 aliphatic heterocycles. The molecule has 2 aromatic rings. The first kappa shape index (κ1) is 11.9. The van der Waals surface area contributed by atoms with Crippen LogP contribution in [0.1, 0.15) is 0 Å². The Kier molecular flexibility index (Phi) is 3.31. The zero-order valence-corrected chi connectivity index (χ0v) is 9.77. The van der Waals surface area contributed by atoms with Gasteiger partial charge in [-0.3, -0.25) is 4.98 Å². The van der Waals surface area contributed by atoms with E-state index in [9.17, 15) is 4.21 Å². The van der Waals surface area contributed by atoms with E-state index in [0.29, 0.717) is 10.4 Å². The highest BCUT2D eigenvalue weighted by Crippen LogP contribution is 2.20. The maximum absolute atomic E-state index is 11.6. The molecule has 0 fully saturated rings. The fourth-order valence-corrected chi connectivity index (χ4v) is 2.27. The third-order valence-electron chi connectivity index (χ3n) is 2.02. The number of hydrogen-bond donors (Lipinski definition) is 1. The van der Waals surface area contributed by atoms with E-state index in [1.54, 1.807) is 18.3 Å². The molecule has 15 heavy (non-hydrogen) atoms. The molecule has 0 aliphatic carbocycles. The second kappa shape index (κ2) is 4.16. The van der Waals surface area contributed by atoms with Gasteiger partial charge in [0.15, 0.2) is 0 Å². The van der Waals surface area contributed by atoms with Crippen LogP contribution in [0.4, 0.5) is 0 Å². The van der Waals surface area contributed by atoms with Crippen LogP contribution in [0.25, 0.3) is 10.9 Å². The van der Waals surface area contributed by atoms with Gasteiger partial charge >= 0.3 is 0 Å². The van der Waals surface area contributed by atoms with Gasteiger partial charge in [-0.05, 0) is 12.1 Å². The Morgan fingerprint density at radius 2 is 1.93 bits per heavy atom. The molecule has 1 heterocycles. The summed E-state index contributed by atoms with van der Waals surface area (Å²) in [4.78, 5) is 4.66. The van der Waals surface area contributed by atoms with Gasteiger partial charge in [0.1, 0.15) is 0 Å². The minimum absolute atomic E-state index is 0. The largest absolute Gasteiger partial charge is 0.255 e. The predicted octanol–water partition coefficient (Wildman–Crippen LogP) is 2.69. The molecular weight excluding hydrogens is 232 g/mol. The number of fused-ring (bicyclic) bond motifs is 1.